The first-order valence-electron chi connectivity index (χ1n) is 10.3. The third-order valence-electron chi connectivity index (χ3n) is 5.56. The Kier molecular flexibility index (Phi) is 5.35. The van der Waals surface area contributed by atoms with Crippen molar-refractivity contribution in [1.82, 2.24) is 25.2 Å². The van der Waals surface area contributed by atoms with Crippen molar-refractivity contribution in [1.29, 1.82) is 0 Å². The van der Waals surface area contributed by atoms with Crippen LogP contribution in [0.2, 0.25) is 0 Å². The highest BCUT2D eigenvalue weighted by atomic mass is 16.5. The van der Waals surface area contributed by atoms with Gasteiger partial charge in [-0.3, -0.25) is 4.79 Å². The fraction of sp³-hybridized carbons (Fsp3) is 0.571. The second-order valence-electron chi connectivity index (χ2n) is 7.99. The largest absolute Gasteiger partial charge is 0.491 e. The molecule has 1 aromatic heterocycles. The number of carbonyl (C=O) groups excluding carboxylic acids is 1. The molecule has 2 atom stereocenters. The van der Waals surface area contributed by atoms with Gasteiger partial charge in [-0.15, -0.1) is 5.10 Å². The van der Waals surface area contributed by atoms with Crippen LogP contribution in [0.1, 0.15) is 56.2 Å². The molecule has 7 heteroatoms. The predicted octanol–water partition coefficient (Wildman–Crippen LogP) is 2.58. The molecule has 0 radical (unpaired) electrons. The average Bonchev–Trinajstić information content (AvgIpc) is 3.24. The number of rotatable bonds is 5. The molecule has 1 amide bonds. The van der Waals surface area contributed by atoms with Gasteiger partial charge in [0.15, 0.2) is 5.69 Å². The van der Waals surface area contributed by atoms with E-state index in [-0.39, 0.29) is 12.0 Å². The summed E-state index contributed by atoms with van der Waals surface area (Å²) in [6.07, 6.45) is 4.20. The summed E-state index contributed by atoms with van der Waals surface area (Å²) in [5.41, 5.74) is 2.21. The van der Waals surface area contributed by atoms with E-state index in [0.29, 0.717) is 24.2 Å². The summed E-state index contributed by atoms with van der Waals surface area (Å²) in [5.74, 6) is 0.817. The van der Waals surface area contributed by atoms with Crippen molar-refractivity contribution in [2.75, 3.05) is 13.1 Å². The van der Waals surface area contributed by atoms with Crippen LogP contribution in [0.25, 0.3) is 5.69 Å². The predicted molar refractivity (Wildman–Crippen MR) is 107 cm³/mol. The molecule has 1 N–H and O–H groups in total. The SMILES string of the molecule is CCc1c(C(=O)N2CCC3CCC(C2)N3)nnn1-c1ccc(OC(C)C)cc1. The third kappa shape index (κ3) is 3.76. The maximum Gasteiger partial charge on any atom is 0.276 e. The van der Waals surface area contributed by atoms with Gasteiger partial charge in [-0.1, -0.05) is 12.1 Å². The number of nitrogens with zero attached hydrogens (tertiary/aromatic N) is 4. The number of likely N-dealkylation sites (tertiary alicyclic amines) is 1. The van der Waals surface area contributed by atoms with Gasteiger partial charge in [-0.05, 0) is 63.8 Å². The van der Waals surface area contributed by atoms with Gasteiger partial charge in [0.05, 0.1) is 17.5 Å². The van der Waals surface area contributed by atoms with E-state index in [1.807, 2.05) is 49.9 Å². The van der Waals surface area contributed by atoms with Crippen molar-refractivity contribution in [3.8, 4) is 11.4 Å². The number of carbonyl (C=O) groups is 1. The maximum absolute atomic E-state index is 13.2. The molecule has 3 heterocycles. The highest BCUT2D eigenvalue weighted by molar-refractivity contribution is 5.93. The molecule has 28 heavy (non-hydrogen) atoms. The smallest absolute Gasteiger partial charge is 0.276 e. The number of ether oxygens (including phenoxy) is 1. The lowest BCUT2D eigenvalue weighted by molar-refractivity contribution is 0.0741. The van der Waals surface area contributed by atoms with Gasteiger partial charge in [-0.2, -0.15) is 0 Å². The van der Waals surface area contributed by atoms with Crippen molar-refractivity contribution < 1.29 is 9.53 Å². The van der Waals surface area contributed by atoms with Crippen LogP contribution in [-0.4, -0.2) is 57.1 Å². The van der Waals surface area contributed by atoms with Gasteiger partial charge in [0, 0.05) is 25.2 Å². The molecule has 2 aromatic rings. The zero-order valence-electron chi connectivity index (χ0n) is 16.9. The Balaban J connectivity index is 1.56. The summed E-state index contributed by atoms with van der Waals surface area (Å²) in [6, 6.07) is 8.72. The first kappa shape index (κ1) is 18.9. The fourth-order valence-electron chi connectivity index (χ4n) is 4.21. The number of amides is 1. The molecule has 0 saturated carbocycles. The standard InChI is InChI=1S/C21H29N5O2/c1-4-19-20(21(27)25-12-11-15-5-6-16(13-25)22-15)23-24-26(19)17-7-9-18(10-8-17)28-14(2)3/h7-10,14-16,22H,4-6,11-13H2,1-3H3. The third-order valence-corrected chi connectivity index (χ3v) is 5.56. The molecule has 0 aliphatic carbocycles. The Morgan fingerprint density at radius 1 is 1.21 bits per heavy atom. The minimum atomic E-state index is -0.00258. The number of hydrogen-bond acceptors (Lipinski definition) is 5. The van der Waals surface area contributed by atoms with E-state index in [2.05, 4.69) is 15.6 Å². The first-order chi connectivity index (χ1) is 13.5. The van der Waals surface area contributed by atoms with Gasteiger partial charge in [0.2, 0.25) is 0 Å². The fourth-order valence-corrected chi connectivity index (χ4v) is 4.21. The molecule has 4 rings (SSSR count). The molecule has 2 unspecified atom stereocenters. The average molecular weight is 383 g/mol. The first-order valence-corrected chi connectivity index (χ1v) is 10.3. The van der Waals surface area contributed by atoms with Crippen molar-refractivity contribution in [3.63, 3.8) is 0 Å². The molecule has 2 fully saturated rings. The lowest BCUT2D eigenvalue weighted by atomic mass is 10.1. The second kappa shape index (κ2) is 7.91. The number of aromatic nitrogens is 3. The van der Waals surface area contributed by atoms with Crippen LogP contribution in [0.15, 0.2) is 24.3 Å². The summed E-state index contributed by atoms with van der Waals surface area (Å²) in [7, 11) is 0. The molecule has 2 aliphatic rings. The molecule has 7 nitrogen and oxygen atoms in total. The van der Waals surface area contributed by atoms with Gasteiger partial charge in [0.25, 0.3) is 5.91 Å². The van der Waals surface area contributed by atoms with Crippen LogP contribution in [-0.2, 0) is 6.42 Å². The minimum Gasteiger partial charge on any atom is -0.491 e. The molecule has 2 bridgehead atoms. The van der Waals surface area contributed by atoms with Gasteiger partial charge < -0.3 is 15.0 Å². The Labute approximate surface area is 166 Å². The monoisotopic (exact) mass is 383 g/mol. The Hall–Kier alpha value is -2.41. The van der Waals surface area contributed by atoms with E-state index in [1.54, 1.807) is 4.68 Å². The van der Waals surface area contributed by atoms with Gasteiger partial charge in [-0.25, -0.2) is 4.68 Å². The van der Waals surface area contributed by atoms with Crippen LogP contribution in [0.5, 0.6) is 5.75 Å². The molecule has 2 saturated heterocycles. The van der Waals surface area contributed by atoms with Crippen LogP contribution in [0.3, 0.4) is 0 Å². The minimum absolute atomic E-state index is 0.00258. The Morgan fingerprint density at radius 2 is 1.96 bits per heavy atom. The van der Waals surface area contributed by atoms with E-state index in [9.17, 15) is 4.79 Å². The molecule has 2 aliphatic heterocycles. The summed E-state index contributed by atoms with van der Waals surface area (Å²) in [4.78, 5) is 15.1. The van der Waals surface area contributed by atoms with E-state index in [0.717, 1.165) is 43.1 Å². The normalized spacial score (nSPS) is 21.8. The van der Waals surface area contributed by atoms with Crippen molar-refractivity contribution in [3.05, 3.63) is 35.7 Å². The van der Waals surface area contributed by atoms with E-state index in [4.69, 9.17) is 4.74 Å². The second-order valence-corrected chi connectivity index (χ2v) is 7.99. The number of hydrogen-bond donors (Lipinski definition) is 1. The molecule has 0 spiro atoms. The van der Waals surface area contributed by atoms with E-state index in [1.165, 1.54) is 6.42 Å². The van der Waals surface area contributed by atoms with Crippen LogP contribution in [0.4, 0.5) is 0 Å². The van der Waals surface area contributed by atoms with Crippen LogP contribution >= 0.6 is 0 Å². The van der Waals surface area contributed by atoms with Gasteiger partial charge in [0.1, 0.15) is 5.75 Å². The van der Waals surface area contributed by atoms with Gasteiger partial charge >= 0.3 is 0 Å². The molecular weight excluding hydrogens is 354 g/mol. The zero-order chi connectivity index (χ0) is 19.7. The topological polar surface area (TPSA) is 72.3 Å². The highest BCUT2D eigenvalue weighted by Gasteiger charge is 2.33. The van der Waals surface area contributed by atoms with E-state index < -0.39 is 0 Å². The molecular formula is C21H29N5O2. The zero-order valence-corrected chi connectivity index (χ0v) is 16.9. The lowest BCUT2D eigenvalue weighted by Gasteiger charge is -2.23. The van der Waals surface area contributed by atoms with Crippen molar-refractivity contribution in [2.24, 2.45) is 0 Å². The number of nitrogens with one attached hydrogen (secondary N) is 1. The summed E-state index contributed by atoms with van der Waals surface area (Å²) >= 11 is 0. The van der Waals surface area contributed by atoms with Crippen LogP contribution < -0.4 is 10.1 Å². The summed E-state index contributed by atoms with van der Waals surface area (Å²) in [5, 5.41) is 12.2. The van der Waals surface area contributed by atoms with Crippen molar-refractivity contribution >= 4 is 5.91 Å². The van der Waals surface area contributed by atoms with E-state index >= 15 is 0 Å². The quantitative estimate of drug-likeness (QED) is 0.859. The molecule has 150 valence electrons. The summed E-state index contributed by atoms with van der Waals surface area (Å²) in [6.45, 7) is 7.58. The number of fused-ring (bicyclic) bond motifs is 2. The van der Waals surface area contributed by atoms with Crippen molar-refractivity contribution in [2.45, 2.75) is 64.6 Å². The summed E-state index contributed by atoms with van der Waals surface area (Å²) < 4.78 is 7.48. The van der Waals surface area contributed by atoms with Crippen LogP contribution in [0, 0.1) is 0 Å². The maximum atomic E-state index is 13.2. The Morgan fingerprint density at radius 3 is 2.68 bits per heavy atom. The lowest BCUT2D eigenvalue weighted by Crippen LogP contribution is -2.39. The Bertz CT molecular complexity index is 830. The highest BCUT2D eigenvalue weighted by Crippen LogP contribution is 2.23. The number of benzene rings is 1. The molecule has 1 aromatic carbocycles.